The third-order valence-corrected chi connectivity index (χ3v) is 2.42. The van der Waals surface area contributed by atoms with E-state index in [1.165, 1.54) is 5.56 Å². The average Bonchev–Trinajstić information content (AvgIpc) is 2.88. The highest BCUT2D eigenvalue weighted by Gasteiger charge is 1.95. The molecule has 0 bridgehead atoms. The molecule has 2 rings (SSSR count). The van der Waals surface area contributed by atoms with Crippen LogP contribution < -0.4 is 5.32 Å². The summed E-state index contributed by atoms with van der Waals surface area (Å²) in [6.07, 6.45) is 1.66. The van der Waals surface area contributed by atoms with Crippen LogP contribution in [-0.4, -0.2) is 13.2 Å². The first-order valence-electron chi connectivity index (χ1n) is 5.80. The molecule has 0 amide bonds. The van der Waals surface area contributed by atoms with E-state index in [-0.39, 0.29) is 0 Å². The summed E-state index contributed by atoms with van der Waals surface area (Å²) in [6, 6.07) is 14.1. The van der Waals surface area contributed by atoms with E-state index in [0.717, 1.165) is 18.8 Å². The van der Waals surface area contributed by atoms with Gasteiger partial charge in [-0.1, -0.05) is 30.3 Å². The lowest BCUT2D eigenvalue weighted by Crippen LogP contribution is -2.19. The van der Waals surface area contributed by atoms with Crippen LogP contribution in [0.3, 0.4) is 0 Å². The fourth-order valence-electron chi connectivity index (χ4n) is 1.54. The molecule has 1 aromatic carbocycles. The topological polar surface area (TPSA) is 34.4 Å². The van der Waals surface area contributed by atoms with E-state index in [0.29, 0.717) is 13.2 Å². The Labute approximate surface area is 101 Å². The van der Waals surface area contributed by atoms with E-state index >= 15 is 0 Å². The normalized spacial score (nSPS) is 10.6. The Morgan fingerprint density at radius 2 is 1.94 bits per heavy atom. The number of furan rings is 1. The molecule has 1 heterocycles. The van der Waals surface area contributed by atoms with Gasteiger partial charge in [0.15, 0.2) is 0 Å². The summed E-state index contributed by atoms with van der Waals surface area (Å²) in [5, 5.41) is 3.33. The van der Waals surface area contributed by atoms with Crippen molar-refractivity contribution in [1.29, 1.82) is 0 Å². The van der Waals surface area contributed by atoms with Crippen LogP contribution >= 0.6 is 0 Å². The first-order valence-corrected chi connectivity index (χ1v) is 5.80. The van der Waals surface area contributed by atoms with Gasteiger partial charge in [-0.2, -0.15) is 0 Å². The van der Waals surface area contributed by atoms with E-state index in [4.69, 9.17) is 9.15 Å². The summed E-state index contributed by atoms with van der Waals surface area (Å²) in [5.74, 6) is 0.869. The molecule has 90 valence electrons. The van der Waals surface area contributed by atoms with Gasteiger partial charge in [0.2, 0.25) is 0 Å². The molecular weight excluding hydrogens is 214 g/mol. The van der Waals surface area contributed by atoms with Crippen LogP contribution in [0.5, 0.6) is 0 Å². The van der Waals surface area contributed by atoms with Crippen molar-refractivity contribution < 1.29 is 9.15 Å². The van der Waals surface area contributed by atoms with E-state index in [2.05, 4.69) is 17.4 Å². The Morgan fingerprint density at radius 3 is 2.71 bits per heavy atom. The first-order chi connectivity index (χ1) is 8.45. The van der Waals surface area contributed by atoms with Crippen LogP contribution in [0.25, 0.3) is 0 Å². The maximum atomic E-state index is 5.46. The van der Waals surface area contributed by atoms with Gasteiger partial charge in [-0.15, -0.1) is 0 Å². The van der Waals surface area contributed by atoms with E-state index in [9.17, 15) is 0 Å². The van der Waals surface area contributed by atoms with Crippen LogP contribution in [0, 0.1) is 0 Å². The third kappa shape index (κ3) is 4.43. The molecular formula is C14H17NO2. The van der Waals surface area contributed by atoms with E-state index in [1.54, 1.807) is 6.26 Å². The SMILES string of the molecule is c1ccc(CNCCOCc2ccco2)cc1. The molecule has 1 aromatic heterocycles. The molecule has 0 spiro atoms. The maximum Gasteiger partial charge on any atom is 0.129 e. The van der Waals surface area contributed by atoms with Gasteiger partial charge in [0.25, 0.3) is 0 Å². The van der Waals surface area contributed by atoms with Crippen molar-refractivity contribution in [1.82, 2.24) is 5.32 Å². The molecule has 2 aromatic rings. The van der Waals surface area contributed by atoms with Crippen LogP contribution in [0.2, 0.25) is 0 Å². The van der Waals surface area contributed by atoms with Crippen molar-refractivity contribution in [2.45, 2.75) is 13.2 Å². The summed E-state index contributed by atoms with van der Waals surface area (Å²) in [7, 11) is 0. The predicted octanol–water partition coefficient (Wildman–Crippen LogP) is 2.59. The highest BCUT2D eigenvalue weighted by atomic mass is 16.5. The number of ether oxygens (including phenoxy) is 1. The van der Waals surface area contributed by atoms with Gasteiger partial charge in [0.05, 0.1) is 12.9 Å². The van der Waals surface area contributed by atoms with Gasteiger partial charge >= 0.3 is 0 Å². The molecule has 0 saturated heterocycles. The molecule has 0 aliphatic heterocycles. The molecule has 0 saturated carbocycles. The molecule has 0 radical (unpaired) electrons. The standard InChI is InChI=1S/C14H17NO2/c1-2-5-13(6-3-1)11-15-8-10-16-12-14-7-4-9-17-14/h1-7,9,15H,8,10-12H2. The Kier molecular flexibility index (Phi) is 4.82. The van der Waals surface area contributed by atoms with Crippen molar-refractivity contribution >= 4 is 0 Å². The number of hydrogen-bond acceptors (Lipinski definition) is 3. The minimum absolute atomic E-state index is 0.542. The van der Waals surface area contributed by atoms with Gasteiger partial charge in [0.1, 0.15) is 12.4 Å². The van der Waals surface area contributed by atoms with Gasteiger partial charge in [-0.3, -0.25) is 0 Å². The fourth-order valence-corrected chi connectivity index (χ4v) is 1.54. The lowest BCUT2D eigenvalue weighted by Gasteiger charge is -2.05. The minimum Gasteiger partial charge on any atom is -0.467 e. The smallest absolute Gasteiger partial charge is 0.129 e. The molecule has 0 atom stereocenters. The Hall–Kier alpha value is -1.58. The number of nitrogens with one attached hydrogen (secondary N) is 1. The lowest BCUT2D eigenvalue weighted by molar-refractivity contribution is 0.108. The summed E-state index contributed by atoms with van der Waals surface area (Å²) in [5.41, 5.74) is 1.29. The van der Waals surface area contributed by atoms with Crippen molar-refractivity contribution in [2.75, 3.05) is 13.2 Å². The molecule has 1 N–H and O–H groups in total. The first kappa shape index (κ1) is 11.9. The summed E-state index contributed by atoms with van der Waals surface area (Å²) >= 11 is 0. The van der Waals surface area contributed by atoms with E-state index in [1.807, 2.05) is 30.3 Å². The predicted molar refractivity (Wildman–Crippen MR) is 66.5 cm³/mol. The summed E-state index contributed by atoms with van der Waals surface area (Å²) in [4.78, 5) is 0. The lowest BCUT2D eigenvalue weighted by atomic mass is 10.2. The van der Waals surface area contributed by atoms with Gasteiger partial charge in [-0.25, -0.2) is 0 Å². The van der Waals surface area contributed by atoms with Crippen molar-refractivity contribution in [3.8, 4) is 0 Å². The highest BCUT2D eigenvalue weighted by molar-refractivity contribution is 5.14. The quantitative estimate of drug-likeness (QED) is 0.744. The number of rotatable bonds is 7. The Morgan fingerprint density at radius 1 is 1.06 bits per heavy atom. The number of benzene rings is 1. The fraction of sp³-hybridized carbons (Fsp3) is 0.286. The zero-order chi connectivity index (χ0) is 11.8. The van der Waals surface area contributed by atoms with Crippen LogP contribution in [0.1, 0.15) is 11.3 Å². The van der Waals surface area contributed by atoms with Crippen molar-refractivity contribution in [2.24, 2.45) is 0 Å². The maximum absolute atomic E-state index is 5.46. The largest absolute Gasteiger partial charge is 0.467 e. The zero-order valence-corrected chi connectivity index (χ0v) is 9.76. The average molecular weight is 231 g/mol. The summed E-state index contributed by atoms with van der Waals surface area (Å²) < 4.78 is 10.6. The Balaban J connectivity index is 1.52. The highest BCUT2D eigenvalue weighted by Crippen LogP contribution is 2.01. The molecule has 0 unspecified atom stereocenters. The van der Waals surface area contributed by atoms with E-state index < -0.39 is 0 Å². The number of hydrogen-bond donors (Lipinski definition) is 1. The van der Waals surface area contributed by atoms with Gasteiger partial charge in [0, 0.05) is 13.1 Å². The van der Waals surface area contributed by atoms with Crippen LogP contribution in [0.4, 0.5) is 0 Å². The zero-order valence-electron chi connectivity index (χ0n) is 9.76. The molecule has 17 heavy (non-hydrogen) atoms. The second-order valence-electron chi connectivity index (χ2n) is 3.79. The summed E-state index contributed by atoms with van der Waals surface area (Å²) in [6.45, 7) is 2.95. The molecule has 0 aliphatic carbocycles. The van der Waals surface area contributed by atoms with Crippen molar-refractivity contribution in [3.63, 3.8) is 0 Å². The van der Waals surface area contributed by atoms with Gasteiger partial charge in [-0.05, 0) is 17.7 Å². The minimum atomic E-state index is 0.542. The second kappa shape index (κ2) is 6.89. The van der Waals surface area contributed by atoms with Crippen molar-refractivity contribution in [3.05, 3.63) is 60.1 Å². The Bertz CT molecular complexity index is 397. The molecule has 3 nitrogen and oxygen atoms in total. The monoisotopic (exact) mass is 231 g/mol. The third-order valence-electron chi connectivity index (χ3n) is 2.42. The molecule has 0 fully saturated rings. The van der Waals surface area contributed by atoms with Crippen LogP contribution in [-0.2, 0) is 17.9 Å². The second-order valence-corrected chi connectivity index (χ2v) is 3.79. The molecule has 0 aliphatic rings. The molecule has 3 heteroatoms. The van der Waals surface area contributed by atoms with Crippen LogP contribution in [0.15, 0.2) is 53.1 Å². The van der Waals surface area contributed by atoms with Gasteiger partial charge < -0.3 is 14.5 Å².